The van der Waals surface area contributed by atoms with Crippen molar-refractivity contribution in [2.75, 3.05) is 14.2 Å². The smallest absolute Gasteiger partial charge is 0.198 e. The van der Waals surface area contributed by atoms with Gasteiger partial charge in [0.25, 0.3) is 0 Å². The van der Waals surface area contributed by atoms with Crippen LogP contribution < -0.4 is 0 Å². The lowest BCUT2D eigenvalue weighted by molar-refractivity contribution is 0.242. The van der Waals surface area contributed by atoms with Crippen molar-refractivity contribution in [3.05, 3.63) is 41.0 Å². The minimum Gasteiger partial charge on any atom is -0.493 e. The van der Waals surface area contributed by atoms with Crippen molar-refractivity contribution in [1.82, 2.24) is 14.8 Å². The molecule has 1 aromatic rings. The summed E-state index contributed by atoms with van der Waals surface area (Å²) in [5.41, 5.74) is 1.75. The molecule has 2 heterocycles. The highest BCUT2D eigenvalue weighted by molar-refractivity contribution is 6.69. The summed E-state index contributed by atoms with van der Waals surface area (Å²) >= 11 is 6.27. The number of methoxy groups -OCH3 is 2. The normalized spacial score (nSPS) is 17.2. The van der Waals surface area contributed by atoms with Crippen LogP contribution in [0.1, 0.15) is 25.0 Å². The second-order valence-electron chi connectivity index (χ2n) is 4.62. The molecule has 6 nitrogen and oxygen atoms in total. The third-order valence-electron chi connectivity index (χ3n) is 3.40. The van der Waals surface area contributed by atoms with Crippen molar-refractivity contribution in [1.29, 1.82) is 0 Å². The Morgan fingerprint density at radius 1 is 1.19 bits per heavy atom. The van der Waals surface area contributed by atoms with Crippen molar-refractivity contribution in [3.63, 3.8) is 0 Å². The van der Waals surface area contributed by atoms with E-state index >= 15 is 0 Å². The Bertz CT molecular complexity index is 713. The minimum absolute atomic E-state index is 0.327. The van der Waals surface area contributed by atoms with Crippen LogP contribution in [-0.4, -0.2) is 34.2 Å². The van der Waals surface area contributed by atoms with E-state index in [1.807, 2.05) is 23.6 Å². The van der Waals surface area contributed by atoms with E-state index in [-0.39, 0.29) is 0 Å². The quantitative estimate of drug-likeness (QED) is 0.860. The highest BCUT2D eigenvalue weighted by atomic mass is 35.5. The van der Waals surface area contributed by atoms with Gasteiger partial charge in [0, 0.05) is 30.7 Å². The molecule has 0 unspecified atom stereocenters. The molecule has 0 fully saturated rings. The first-order chi connectivity index (χ1) is 10.2. The molecule has 0 spiro atoms. The number of hydrogen-bond donors (Lipinski definition) is 0. The number of aryl methyl sites for hydroxylation is 1. The van der Waals surface area contributed by atoms with E-state index < -0.39 is 0 Å². The fourth-order valence-corrected chi connectivity index (χ4v) is 2.65. The summed E-state index contributed by atoms with van der Waals surface area (Å²) in [6, 6.07) is 0. The zero-order valence-electron chi connectivity index (χ0n) is 12.1. The Morgan fingerprint density at radius 2 is 1.90 bits per heavy atom. The van der Waals surface area contributed by atoms with E-state index in [0.717, 1.165) is 23.6 Å². The van der Waals surface area contributed by atoms with E-state index in [4.69, 9.17) is 21.1 Å². The molecule has 110 valence electrons. The van der Waals surface area contributed by atoms with Crippen LogP contribution in [0, 0.1) is 0 Å². The van der Waals surface area contributed by atoms with Crippen LogP contribution in [0.4, 0.5) is 0 Å². The molecule has 1 aliphatic heterocycles. The average molecular weight is 307 g/mol. The van der Waals surface area contributed by atoms with Crippen LogP contribution in [0.15, 0.2) is 34.4 Å². The lowest BCUT2D eigenvalue weighted by atomic mass is 10.2. The zero-order chi connectivity index (χ0) is 15.0. The lowest BCUT2D eigenvalue weighted by Gasteiger charge is -2.11. The number of rotatable bonds is 3. The summed E-state index contributed by atoms with van der Waals surface area (Å²) in [4.78, 5) is 4.42. The maximum Gasteiger partial charge on any atom is 0.198 e. The van der Waals surface area contributed by atoms with Crippen LogP contribution in [0.3, 0.4) is 0 Å². The molecular weight excluding hydrogens is 292 g/mol. The fraction of sp³-hybridized carbons (Fsp3) is 0.357. The molecule has 0 atom stereocenters. The topological polar surface area (TPSA) is 61.5 Å². The molecule has 1 aromatic heterocycles. The summed E-state index contributed by atoms with van der Waals surface area (Å²) in [5, 5.41) is 8.65. The fourth-order valence-electron chi connectivity index (χ4n) is 2.42. The highest BCUT2D eigenvalue weighted by Crippen LogP contribution is 2.32. The Kier molecular flexibility index (Phi) is 3.55. The molecule has 0 aromatic carbocycles. The van der Waals surface area contributed by atoms with Gasteiger partial charge < -0.3 is 9.47 Å². The van der Waals surface area contributed by atoms with Crippen molar-refractivity contribution in [2.45, 2.75) is 19.8 Å². The van der Waals surface area contributed by atoms with Gasteiger partial charge in [0.05, 0.1) is 19.9 Å². The van der Waals surface area contributed by atoms with Gasteiger partial charge in [-0.1, -0.05) is 18.5 Å². The van der Waals surface area contributed by atoms with Gasteiger partial charge in [-0.05, 0) is 0 Å². The van der Waals surface area contributed by atoms with Gasteiger partial charge in [0.1, 0.15) is 5.82 Å². The first kappa shape index (κ1) is 13.9. The maximum atomic E-state index is 6.27. The summed E-state index contributed by atoms with van der Waals surface area (Å²) in [5.74, 6) is 2.64. The molecule has 1 aliphatic carbocycles. The zero-order valence-corrected chi connectivity index (χ0v) is 12.8. The van der Waals surface area contributed by atoms with E-state index in [1.54, 1.807) is 14.2 Å². The van der Waals surface area contributed by atoms with Crippen LogP contribution in [-0.2, 0) is 15.9 Å². The number of hydrogen-bond acceptors (Lipinski definition) is 5. The largest absolute Gasteiger partial charge is 0.493 e. The van der Waals surface area contributed by atoms with Gasteiger partial charge >= 0.3 is 0 Å². The Labute approximate surface area is 127 Å². The highest BCUT2D eigenvalue weighted by Gasteiger charge is 2.25. The summed E-state index contributed by atoms with van der Waals surface area (Å²) in [7, 11) is 3.21. The molecule has 0 N–H and O–H groups in total. The Hall–Kier alpha value is -2.08. The van der Waals surface area contributed by atoms with E-state index in [1.165, 1.54) is 0 Å². The second-order valence-corrected chi connectivity index (χ2v) is 4.97. The van der Waals surface area contributed by atoms with Gasteiger partial charge in [0.15, 0.2) is 22.5 Å². The Balaban J connectivity index is 2.29. The number of halogens is 1. The van der Waals surface area contributed by atoms with Gasteiger partial charge in [-0.15, -0.1) is 10.2 Å². The number of aromatic nitrogens is 3. The van der Waals surface area contributed by atoms with E-state index in [2.05, 4.69) is 15.2 Å². The van der Waals surface area contributed by atoms with Crippen molar-refractivity contribution in [3.8, 4) is 0 Å². The number of fused-ring (bicyclic) bond motifs is 4. The first-order valence-corrected chi connectivity index (χ1v) is 6.98. The van der Waals surface area contributed by atoms with Crippen molar-refractivity contribution < 1.29 is 9.47 Å². The van der Waals surface area contributed by atoms with Gasteiger partial charge in [-0.3, -0.25) is 4.57 Å². The van der Waals surface area contributed by atoms with Crippen LogP contribution in [0.5, 0.6) is 0 Å². The number of nitrogens with zero attached hydrogens (tertiary/aromatic N) is 4. The molecule has 0 radical (unpaired) electrons. The lowest BCUT2D eigenvalue weighted by Crippen LogP contribution is -2.08. The first-order valence-electron chi connectivity index (χ1n) is 6.60. The molecule has 2 aliphatic rings. The molecule has 2 bridgehead atoms. The number of allylic oxidation sites excluding steroid dienone is 3. The van der Waals surface area contributed by atoms with Crippen LogP contribution in [0.2, 0.25) is 0 Å². The molecule has 0 amide bonds. The van der Waals surface area contributed by atoms with Crippen LogP contribution in [0.25, 0.3) is 5.70 Å². The van der Waals surface area contributed by atoms with E-state index in [9.17, 15) is 0 Å². The molecule has 7 heteroatoms. The van der Waals surface area contributed by atoms with Gasteiger partial charge in [-0.2, -0.15) is 0 Å². The SMILES string of the molecule is CCc1nnc2n1C1=CC(OC)=C(OC)C=C(C1)N=C2Cl. The predicted octanol–water partition coefficient (Wildman–Crippen LogP) is 2.47. The van der Waals surface area contributed by atoms with Crippen molar-refractivity contribution >= 4 is 22.5 Å². The second kappa shape index (κ2) is 5.37. The van der Waals surface area contributed by atoms with E-state index in [0.29, 0.717) is 28.9 Å². The van der Waals surface area contributed by atoms with Crippen molar-refractivity contribution in [2.24, 2.45) is 4.99 Å². The number of ether oxygens (including phenoxy) is 2. The summed E-state index contributed by atoms with van der Waals surface area (Å²) in [6.07, 6.45) is 5.10. The standard InChI is InChI=1S/C14H15ClN4O2/c1-4-12-17-18-14-13(15)16-8-5-9(19(12)14)7-11(21-3)10(6-8)20-2/h6-7H,4-5H2,1-3H3. The maximum absolute atomic E-state index is 6.27. The van der Waals surface area contributed by atoms with Gasteiger partial charge in [0.2, 0.25) is 0 Å². The number of aliphatic imine (C=N–C) groups is 1. The van der Waals surface area contributed by atoms with Gasteiger partial charge in [-0.25, -0.2) is 4.99 Å². The molecule has 21 heavy (non-hydrogen) atoms. The molecular formula is C14H15ClN4O2. The molecule has 0 saturated carbocycles. The monoisotopic (exact) mass is 306 g/mol. The summed E-state index contributed by atoms with van der Waals surface area (Å²) < 4.78 is 12.7. The minimum atomic E-state index is 0.327. The molecule has 0 saturated heterocycles. The summed E-state index contributed by atoms with van der Waals surface area (Å²) in [6.45, 7) is 2.02. The Morgan fingerprint density at radius 3 is 2.57 bits per heavy atom. The third-order valence-corrected chi connectivity index (χ3v) is 3.65. The van der Waals surface area contributed by atoms with Crippen LogP contribution >= 0.6 is 11.6 Å². The molecule has 3 rings (SSSR count). The third kappa shape index (κ3) is 2.25. The predicted molar refractivity (Wildman–Crippen MR) is 79.8 cm³/mol. The average Bonchev–Trinajstić information content (AvgIpc) is 2.78.